The normalized spacial score (nSPS) is 17.9. The average molecular weight is 629 g/mol. The second-order valence-corrected chi connectivity index (χ2v) is 10.7. The number of rotatable bonds is 8. The van der Waals surface area contributed by atoms with Gasteiger partial charge < -0.3 is 10.5 Å². The van der Waals surface area contributed by atoms with Crippen molar-refractivity contribution in [1.82, 2.24) is 40.5 Å². The van der Waals surface area contributed by atoms with Crippen molar-refractivity contribution in [2.24, 2.45) is 5.73 Å². The first-order valence-corrected chi connectivity index (χ1v) is 13.1. The van der Waals surface area contributed by atoms with Crippen LogP contribution in [-0.2, 0) is 29.6 Å². The molecule has 5 rings (SSSR count). The number of ether oxygens (including phenoxy) is 1. The number of aromatic amines is 1. The molecule has 1 aliphatic rings. The van der Waals surface area contributed by atoms with Crippen LogP contribution in [0.15, 0.2) is 48.5 Å². The molecule has 0 aliphatic carbocycles. The Morgan fingerprint density at radius 1 is 1.07 bits per heavy atom. The molecular weight excluding hydrogens is 594 g/mol. The molecule has 0 spiro atoms. The van der Waals surface area contributed by atoms with Crippen molar-refractivity contribution in [2.45, 2.75) is 70.6 Å². The van der Waals surface area contributed by atoms with Gasteiger partial charge in [0, 0.05) is 6.54 Å². The first kappa shape index (κ1) is 33.4. The maximum atomic E-state index is 13.8. The molecule has 1 fully saturated rings. The summed E-state index contributed by atoms with van der Waals surface area (Å²) in [5.41, 5.74) is 7.99. The Labute approximate surface area is 254 Å². The fraction of sp³-hybridized carbons (Fsp3) is 0.444. The van der Waals surface area contributed by atoms with E-state index in [-0.39, 0.29) is 49.3 Å². The Kier molecular flexibility index (Phi) is 10.7. The minimum absolute atomic E-state index is 0. The maximum Gasteiger partial charge on any atom is 0.416 e. The molecule has 0 unspecified atom stereocenters. The first-order valence-electron chi connectivity index (χ1n) is 13.1. The number of tetrazole rings is 1. The summed E-state index contributed by atoms with van der Waals surface area (Å²) in [6.45, 7) is 6.67. The zero-order chi connectivity index (χ0) is 28.5. The highest BCUT2D eigenvalue weighted by atomic mass is 35.5. The molecule has 42 heavy (non-hydrogen) atoms. The molecule has 228 valence electrons. The van der Waals surface area contributed by atoms with E-state index in [0.29, 0.717) is 23.6 Å². The number of nitrogens with zero attached hydrogens (tertiary/aromatic N) is 7. The third-order valence-electron chi connectivity index (χ3n) is 7.04. The van der Waals surface area contributed by atoms with Crippen LogP contribution in [0.1, 0.15) is 66.6 Å². The first-order chi connectivity index (χ1) is 19.0. The lowest BCUT2D eigenvalue weighted by molar-refractivity contribution is -0.137. The lowest BCUT2D eigenvalue weighted by Crippen LogP contribution is -2.43. The highest BCUT2D eigenvalue weighted by Crippen LogP contribution is 2.36. The Bertz CT molecular complexity index is 1440. The van der Waals surface area contributed by atoms with Gasteiger partial charge in [0.2, 0.25) is 0 Å². The fourth-order valence-electron chi connectivity index (χ4n) is 5.24. The zero-order valence-corrected chi connectivity index (χ0v) is 25.0. The van der Waals surface area contributed by atoms with Crippen molar-refractivity contribution >= 4 is 24.8 Å². The number of hydrogen-bond acceptors (Lipinski definition) is 8. The van der Waals surface area contributed by atoms with Crippen LogP contribution < -0.4 is 5.73 Å². The number of aromatic nitrogens is 7. The molecule has 2 aromatic carbocycles. The van der Waals surface area contributed by atoms with E-state index < -0.39 is 17.3 Å². The van der Waals surface area contributed by atoms with E-state index in [1.54, 1.807) is 13.0 Å². The van der Waals surface area contributed by atoms with Gasteiger partial charge in [0.05, 0.1) is 35.5 Å². The molecular formula is C27H34Cl2F3N9O. The number of aryl methyl sites for hydroxylation is 1. The van der Waals surface area contributed by atoms with Crippen molar-refractivity contribution in [3.05, 3.63) is 82.4 Å². The highest BCUT2D eigenvalue weighted by Gasteiger charge is 2.36. The van der Waals surface area contributed by atoms with Crippen LogP contribution in [0.3, 0.4) is 0 Å². The summed E-state index contributed by atoms with van der Waals surface area (Å²) in [4.78, 5) is 2.28. The Hall–Kier alpha value is -3.10. The maximum absolute atomic E-state index is 13.8. The Balaban J connectivity index is 0.00000242. The van der Waals surface area contributed by atoms with Crippen molar-refractivity contribution in [3.8, 4) is 5.69 Å². The van der Waals surface area contributed by atoms with E-state index >= 15 is 0 Å². The molecule has 15 heteroatoms. The highest BCUT2D eigenvalue weighted by molar-refractivity contribution is 5.85. The van der Waals surface area contributed by atoms with Crippen LogP contribution in [-0.4, -0.2) is 53.2 Å². The fourth-order valence-corrected chi connectivity index (χ4v) is 5.24. The van der Waals surface area contributed by atoms with Crippen LogP contribution in [0.4, 0.5) is 13.2 Å². The number of benzene rings is 2. The van der Waals surface area contributed by atoms with Crippen LogP contribution in [0.5, 0.6) is 0 Å². The summed E-state index contributed by atoms with van der Waals surface area (Å²) in [7, 11) is 0. The summed E-state index contributed by atoms with van der Waals surface area (Å²) < 4.78 is 49.1. The number of nitrogens with two attached hydrogens (primary N) is 1. The van der Waals surface area contributed by atoms with Crippen LogP contribution in [0.25, 0.3) is 5.69 Å². The van der Waals surface area contributed by atoms with Gasteiger partial charge in [0.25, 0.3) is 0 Å². The number of alkyl halides is 3. The van der Waals surface area contributed by atoms with Gasteiger partial charge in [-0.25, -0.2) is 0 Å². The number of hydrogen-bond donors (Lipinski definition) is 2. The van der Waals surface area contributed by atoms with Gasteiger partial charge in [-0.15, -0.1) is 29.9 Å². The smallest absolute Gasteiger partial charge is 0.372 e. The molecule has 3 heterocycles. The van der Waals surface area contributed by atoms with E-state index in [1.165, 1.54) is 4.68 Å². The molecule has 0 bridgehead atoms. The zero-order valence-electron chi connectivity index (χ0n) is 23.4. The van der Waals surface area contributed by atoms with Crippen LogP contribution >= 0.6 is 24.8 Å². The molecule has 0 amide bonds. The van der Waals surface area contributed by atoms with Gasteiger partial charge >= 0.3 is 6.18 Å². The second kappa shape index (κ2) is 13.5. The van der Waals surface area contributed by atoms with Crippen LogP contribution in [0.2, 0.25) is 0 Å². The van der Waals surface area contributed by atoms with Crippen molar-refractivity contribution in [1.29, 1.82) is 0 Å². The molecule has 0 saturated carbocycles. The Morgan fingerprint density at radius 2 is 1.81 bits per heavy atom. The summed E-state index contributed by atoms with van der Waals surface area (Å²) in [6.07, 6.45) is -3.20. The quantitative estimate of drug-likeness (QED) is 0.278. The number of H-pyrrole nitrogens is 1. The molecule has 2 aromatic heterocycles. The third kappa shape index (κ3) is 7.45. The van der Waals surface area contributed by atoms with E-state index in [0.717, 1.165) is 42.8 Å². The number of nitrogens with one attached hydrogen (secondary N) is 1. The predicted molar refractivity (Wildman–Crippen MR) is 154 cm³/mol. The van der Waals surface area contributed by atoms with E-state index in [9.17, 15) is 13.2 Å². The summed E-state index contributed by atoms with van der Waals surface area (Å²) in [5, 5.41) is 22.6. The van der Waals surface area contributed by atoms with Gasteiger partial charge in [-0.05, 0) is 79.9 Å². The minimum Gasteiger partial charge on any atom is -0.372 e. The topological polar surface area (TPSA) is 124 Å². The molecule has 0 radical (unpaired) electrons. The SMILES string of the molecule is Cc1nnnn1-c1cc(CO[C@H]2CCCN(Cc3n[nH]nc3C(C)(C)N)[C@H]2c2ccccc2)cc(C(F)(F)F)c1.Cl.Cl. The van der Waals surface area contributed by atoms with Gasteiger partial charge in [-0.2, -0.15) is 33.3 Å². The van der Waals surface area contributed by atoms with Gasteiger partial charge in [-0.3, -0.25) is 4.90 Å². The van der Waals surface area contributed by atoms with E-state index in [4.69, 9.17) is 10.5 Å². The molecule has 2 atom stereocenters. The van der Waals surface area contributed by atoms with Crippen LogP contribution in [0, 0.1) is 6.92 Å². The molecule has 4 aromatic rings. The Morgan fingerprint density at radius 3 is 2.45 bits per heavy atom. The van der Waals surface area contributed by atoms with Gasteiger partial charge in [0.1, 0.15) is 11.4 Å². The van der Waals surface area contributed by atoms with Gasteiger partial charge in [-0.1, -0.05) is 30.3 Å². The summed E-state index contributed by atoms with van der Waals surface area (Å²) in [6, 6.07) is 13.6. The average Bonchev–Trinajstić information content (AvgIpc) is 3.56. The number of piperidine rings is 1. The number of likely N-dealkylation sites (tertiary alicyclic amines) is 1. The monoisotopic (exact) mass is 627 g/mol. The van der Waals surface area contributed by atoms with E-state index in [1.807, 2.05) is 44.2 Å². The summed E-state index contributed by atoms with van der Waals surface area (Å²) >= 11 is 0. The summed E-state index contributed by atoms with van der Waals surface area (Å²) in [5.74, 6) is 0.381. The van der Waals surface area contributed by atoms with Crippen molar-refractivity contribution < 1.29 is 17.9 Å². The van der Waals surface area contributed by atoms with Gasteiger partial charge in [0.15, 0.2) is 5.82 Å². The van der Waals surface area contributed by atoms with Crippen molar-refractivity contribution in [3.63, 3.8) is 0 Å². The standard InChI is InChI=1S/C27H32F3N9O.2ClH/c1-17-32-36-37-39(17)21-13-18(12-20(14-21)27(28,29)30)16-40-23-10-7-11-38(24(23)19-8-5-4-6-9-19)15-22-25(26(2,3)31)34-35-33-22;;/h4-6,8-9,12-14,23-24H,7,10-11,15-16,31H2,1-3H3,(H,33,34,35);2*1H/t23-,24-;;/m0../s1. The largest absolute Gasteiger partial charge is 0.416 e. The predicted octanol–water partition coefficient (Wildman–Crippen LogP) is 5.07. The second-order valence-electron chi connectivity index (χ2n) is 10.7. The molecule has 10 nitrogen and oxygen atoms in total. The molecule has 1 aliphatic heterocycles. The molecule has 3 N–H and O–H groups in total. The lowest BCUT2D eigenvalue weighted by atomic mass is 9.91. The lowest BCUT2D eigenvalue weighted by Gasteiger charge is -2.41. The molecule has 1 saturated heterocycles. The number of halogens is 5. The third-order valence-corrected chi connectivity index (χ3v) is 7.04. The van der Waals surface area contributed by atoms with E-state index in [2.05, 4.69) is 35.8 Å². The minimum atomic E-state index is -4.53. The van der Waals surface area contributed by atoms with Crippen molar-refractivity contribution in [2.75, 3.05) is 6.54 Å².